The molecule has 0 aliphatic carbocycles. The van der Waals surface area contributed by atoms with Gasteiger partial charge in [-0.05, 0) is 61.5 Å². The second-order valence-corrected chi connectivity index (χ2v) is 7.10. The second kappa shape index (κ2) is 6.47. The Hall–Kier alpha value is -0.900. The van der Waals surface area contributed by atoms with Crippen LogP contribution in [-0.4, -0.2) is 24.8 Å². The average molecular weight is 303 g/mol. The van der Waals surface area contributed by atoms with E-state index in [-0.39, 0.29) is 5.60 Å². The lowest BCUT2D eigenvalue weighted by atomic mass is 9.84. The fraction of sp³-hybridized carbons (Fsp3) is 0.556. The van der Waals surface area contributed by atoms with Crippen molar-refractivity contribution < 1.29 is 4.74 Å². The zero-order chi connectivity index (χ0) is 14.7. The molecule has 1 N–H and O–H groups in total. The van der Waals surface area contributed by atoms with Gasteiger partial charge < -0.3 is 10.1 Å². The third-order valence-corrected chi connectivity index (χ3v) is 5.68. The van der Waals surface area contributed by atoms with Crippen molar-refractivity contribution in [3.63, 3.8) is 0 Å². The van der Waals surface area contributed by atoms with Crippen LogP contribution < -0.4 is 5.32 Å². The highest BCUT2D eigenvalue weighted by Crippen LogP contribution is 2.32. The van der Waals surface area contributed by atoms with E-state index in [0.717, 1.165) is 26.0 Å². The highest BCUT2D eigenvalue weighted by Gasteiger charge is 2.36. The molecule has 3 rings (SSSR count). The summed E-state index contributed by atoms with van der Waals surface area (Å²) in [5.41, 5.74) is 1.43. The molecule has 114 valence electrons. The maximum Gasteiger partial charge on any atom is 0.0810 e. The van der Waals surface area contributed by atoms with E-state index in [2.05, 4.69) is 48.8 Å². The van der Waals surface area contributed by atoms with Gasteiger partial charge in [-0.2, -0.15) is 0 Å². The van der Waals surface area contributed by atoms with Gasteiger partial charge in [-0.25, -0.2) is 0 Å². The molecule has 1 saturated heterocycles. The lowest BCUT2D eigenvalue weighted by Gasteiger charge is -2.41. The summed E-state index contributed by atoms with van der Waals surface area (Å²) in [5, 5.41) is 7.40. The molecular formula is C18H25NOS. The summed E-state index contributed by atoms with van der Waals surface area (Å²) in [6, 6.07) is 9.11. The van der Waals surface area contributed by atoms with Crippen LogP contribution in [0.5, 0.6) is 0 Å². The predicted octanol–water partition coefficient (Wildman–Crippen LogP) is 4.38. The Morgan fingerprint density at radius 1 is 1.33 bits per heavy atom. The summed E-state index contributed by atoms with van der Waals surface area (Å²) >= 11 is 1.85. The molecule has 1 aromatic heterocycles. The third kappa shape index (κ3) is 3.15. The summed E-state index contributed by atoms with van der Waals surface area (Å²) in [5.74, 6) is 0. The van der Waals surface area contributed by atoms with Crippen LogP contribution >= 0.6 is 11.3 Å². The Labute approximate surface area is 131 Å². The molecule has 1 aliphatic rings. The first-order chi connectivity index (χ1) is 10.2. The first-order valence-corrected chi connectivity index (χ1v) is 8.93. The summed E-state index contributed by atoms with van der Waals surface area (Å²) in [4.78, 5) is 0. The average Bonchev–Trinajstić information content (AvgIpc) is 2.91. The SMILES string of the molecule is CCNC(Cc1csc2ccccc12)C1(C)CCCCO1. The smallest absolute Gasteiger partial charge is 0.0810 e. The van der Waals surface area contributed by atoms with E-state index < -0.39 is 0 Å². The molecule has 0 radical (unpaired) electrons. The van der Waals surface area contributed by atoms with E-state index in [1.54, 1.807) is 0 Å². The number of benzene rings is 1. The van der Waals surface area contributed by atoms with Crippen LogP contribution in [0.1, 0.15) is 38.7 Å². The highest BCUT2D eigenvalue weighted by molar-refractivity contribution is 7.17. The van der Waals surface area contributed by atoms with E-state index in [0.29, 0.717) is 6.04 Å². The third-order valence-electron chi connectivity index (χ3n) is 4.67. The van der Waals surface area contributed by atoms with Crippen LogP contribution in [0.4, 0.5) is 0 Å². The molecule has 2 heterocycles. The maximum atomic E-state index is 6.18. The van der Waals surface area contributed by atoms with Gasteiger partial charge in [0.05, 0.1) is 5.60 Å². The Morgan fingerprint density at radius 2 is 2.19 bits per heavy atom. The summed E-state index contributed by atoms with van der Waals surface area (Å²) in [6.45, 7) is 6.37. The van der Waals surface area contributed by atoms with Gasteiger partial charge in [-0.1, -0.05) is 25.1 Å². The first-order valence-electron chi connectivity index (χ1n) is 8.05. The Bertz CT molecular complexity index is 586. The standard InChI is InChI=1S/C18H25NOS/c1-3-19-17(18(2)10-6-7-11-20-18)12-14-13-21-16-9-5-4-8-15(14)16/h4-5,8-9,13,17,19H,3,6-7,10-12H2,1-2H3. The van der Waals surface area contributed by atoms with Crippen LogP contribution in [0.3, 0.4) is 0 Å². The molecule has 2 aromatic rings. The van der Waals surface area contributed by atoms with Crippen LogP contribution in [0, 0.1) is 0 Å². The minimum atomic E-state index is -0.0305. The van der Waals surface area contributed by atoms with Crippen molar-refractivity contribution >= 4 is 21.4 Å². The lowest BCUT2D eigenvalue weighted by Crippen LogP contribution is -2.53. The van der Waals surface area contributed by atoms with Gasteiger partial charge in [0.25, 0.3) is 0 Å². The fourth-order valence-corrected chi connectivity index (χ4v) is 4.37. The van der Waals surface area contributed by atoms with E-state index in [4.69, 9.17) is 4.74 Å². The number of nitrogens with one attached hydrogen (secondary N) is 1. The lowest BCUT2D eigenvalue weighted by molar-refractivity contribution is -0.0880. The number of hydrogen-bond acceptors (Lipinski definition) is 3. The number of rotatable bonds is 5. The molecule has 2 nitrogen and oxygen atoms in total. The minimum absolute atomic E-state index is 0.0305. The van der Waals surface area contributed by atoms with Gasteiger partial charge in [0.15, 0.2) is 0 Å². The topological polar surface area (TPSA) is 21.3 Å². The molecule has 0 bridgehead atoms. The van der Waals surface area contributed by atoms with Crippen LogP contribution in [0.2, 0.25) is 0 Å². The molecule has 1 aromatic carbocycles. The van der Waals surface area contributed by atoms with Crippen molar-refractivity contribution in [3.05, 3.63) is 35.2 Å². The number of ether oxygens (including phenoxy) is 1. The highest BCUT2D eigenvalue weighted by atomic mass is 32.1. The number of fused-ring (bicyclic) bond motifs is 1. The second-order valence-electron chi connectivity index (χ2n) is 6.19. The van der Waals surface area contributed by atoms with Crippen molar-refractivity contribution in [2.45, 2.75) is 51.2 Å². The molecule has 0 saturated carbocycles. The van der Waals surface area contributed by atoms with Crippen molar-refractivity contribution in [1.29, 1.82) is 0 Å². The van der Waals surface area contributed by atoms with Gasteiger partial charge in [-0.15, -0.1) is 11.3 Å². The molecule has 0 amide bonds. The molecule has 1 aliphatic heterocycles. The first kappa shape index (κ1) is 15.0. The molecule has 21 heavy (non-hydrogen) atoms. The maximum absolute atomic E-state index is 6.18. The Kier molecular flexibility index (Phi) is 4.63. The van der Waals surface area contributed by atoms with Crippen molar-refractivity contribution in [1.82, 2.24) is 5.32 Å². The molecule has 0 spiro atoms. The van der Waals surface area contributed by atoms with Crippen LogP contribution in [0.15, 0.2) is 29.6 Å². The molecular weight excluding hydrogens is 278 g/mol. The summed E-state index contributed by atoms with van der Waals surface area (Å²) in [6.07, 6.45) is 4.69. The number of thiophene rings is 1. The van der Waals surface area contributed by atoms with Gasteiger partial charge in [-0.3, -0.25) is 0 Å². The minimum Gasteiger partial charge on any atom is -0.374 e. The van der Waals surface area contributed by atoms with Gasteiger partial charge in [0, 0.05) is 17.3 Å². The number of hydrogen-bond donors (Lipinski definition) is 1. The van der Waals surface area contributed by atoms with Gasteiger partial charge in [0.2, 0.25) is 0 Å². The van der Waals surface area contributed by atoms with Crippen molar-refractivity contribution in [2.24, 2.45) is 0 Å². The van der Waals surface area contributed by atoms with Crippen molar-refractivity contribution in [3.8, 4) is 0 Å². The van der Waals surface area contributed by atoms with E-state index in [1.165, 1.54) is 28.5 Å². The summed E-state index contributed by atoms with van der Waals surface area (Å²) < 4.78 is 7.57. The molecule has 2 atom stereocenters. The Morgan fingerprint density at radius 3 is 2.95 bits per heavy atom. The quantitative estimate of drug-likeness (QED) is 0.885. The van der Waals surface area contributed by atoms with Gasteiger partial charge in [0.1, 0.15) is 0 Å². The molecule has 3 heteroatoms. The zero-order valence-corrected chi connectivity index (χ0v) is 13.8. The monoisotopic (exact) mass is 303 g/mol. The van der Waals surface area contributed by atoms with E-state index >= 15 is 0 Å². The van der Waals surface area contributed by atoms with Crippen LogP contribution in [0.25, 0.3) is 10.1 Å². The molecule has 2 unspecified atom stereocenters. The summed E-state index contributed by atoms with van der Waals surface area (Å²) in [7, 11) is 0. The van der Waals surface area contributed by atoms with Crippen LogP contribution in [-0.2, 0) is 11.2 Å². The Balaban J connectivity index is 1.84. The van der Waals surface area contributed by atoms with Gasteiger partial charge >= 0.3 is 0 Å². The van der Waals surface area contributed by atoms with E-state index in [1.807, 2.05) is 11.3 Å². The van der Waals surface area contributed by atoms with E-state index in [9.17, 15) is 0 Å². The fourth-order valence-electron chi connectivity index (χ4n) is 3.39. The zero-order valence-electron chi connectivity index (χ0n) is 13.0. The number of likely N-dealkylation sites (N-methyl/N-ethyl adjacent to an activating group) is 1. The predicted molar refractivity (Wildman–Crippen MR) is 91.2 cm³/mol. The van der Waals surface area contributed by atoms with Crippen molar-refractivity contribution in [2.75, 3.05) is 13.2 Å². The molecule has 1 fully saturated rings. The normalized spacial score (nSPS) is 24.3. The largest absolute Gasteiger partial charge is 0.374 e.